The minimum absolute atomic E-state index is 0.257. The van der Waals surface area contributed by atoms with Gasteiger partial charge < -0.3 is 5.73 Å². The predicted octanol–water partition coefficient (Wildman–Crippen LogP) is 1.05. The van der Waals surface area contributed by atoms with Crippen molar-refractivity contribution in [2.45, 2.75) is 13.8 Å². The fourth-order valence-corrected chi connectivity index (χ4v) is 1.74. The van der Waals surface area contributed by atoms with Crippen molar-refractivity contribution in [2.75, 3.05) is 11.9 Å². The molecule has 21 heavy (non-hydrogen) atoms. The van der Waals surface area contributed by atoms with Crippen LogP contribution in [0.5, 0.6) is 0 Å². The van der Waals surface area contributed by atoms with Crippen molar-refractivity contribution < 1.29 is 4.79 Å². The molecule has 0 aromatic carbocycles. The van der Waals surface area contributed by atoms with E-state index in [1.54, 1.807) is 12.3 Å². The highest BCUT2D eigenvalue weighted by molar-refractivity contribution is 6.03. The van der Waals surface area contributed by atoms with Gasteiger partial charge in [-0.2, -0.15) is 0 Å². The van der Waals surface area contributed by atoms with Gasteiger partial charge in [-0.25, -0.2) is 9.97 Å². The van der Waals surface area contributed by atoms with Gasteiger partial charge in [0.15, 0.2) is 0 Å². The first kappa shape index (κ1) is 14.6. The average molecular weight is 281 g/mol. The zero-order chi connectivity index (χ0) is 15.2. The van der Waals surface area contributed by atoms with Crippen molar-refractivity contribution >= 4 is 11.9 Å². The summed E-state index contributed by atoms with van der Waals surface area (Å²) >= 11 is 0. The number of hydrogen-bond acceptors (Lipinski definition) is 5. The summed E-state index contributed by atoms with van der Waals surface area (Å²) in [5, 5.41) is 2.65. The lowest BCUT2D eigenvalue weighted by molar-refractivity contribution is 0.102. The number of carbonyl (C=O) groups excluding carboxylic acids is 1. The van der Waals surface area contributed by atoms with Crippen LogP contribution in [0, 0.1) is 25.7 Å². The summed E-state index contributed by atoms with van der Waals surface area (Å²) in [6.07, 6.45) is 3.04. The molecule has 0 atom stereocenters. The molecule has 0 saturated carbocycles. The number of hydrogen-bond donors (Lipinski definition) is 2. The molecule has 0 radical (unpaired) electrons. The third-order valence-electron chi connectivity index (χ3n) is 2.54. The Morgan fingerprint density at radius 3 is 2.62 bits per heavy atom. The maximum atomic E-state index is 12.2. The van der Waals surface area contributed by atoms with E-state index in [0.29, 0.717) is 11.1 Å². The molecule has 106 valence electrons. The van der Waals surface area contributed by atoms with Crippen LogP contribution >= 0.6 is 0 Å². The molecule has 6 nitrogen and oxygen atoms in total. The summed E-state index contributed by atoms with van der Waals surface area (Å²) in [4.78, 5) is 24.5. The Morgan fingerprint density at radius 2 is 1.95 bits per heavy atom. The second kappa shape index (κ2) is 6.59. The molecule has 2 rings (SSSR count). The Kier molecular flexibility index (Phi) is 4.59. The molecular weight excluding hydrogens is 266 g/mol. The Morgan fingerprint density at radius 1 is 1.24 bits per heavy atom. The summed E-state index contributed by atoms with van der Waals surface area (Å²) in [7, 11) is 0. The van der Waals surface area contributed by atoms with Crippen LogP contribution < -0.4 is 11.1 Å². The molecule has 0 bridgehead atoms. The van der Waals surface area contributed by atoms with Crippen LogP contribution in [0.15, 0.2) is 24.5 Å². The lowest BCUT2D eigenvalue weighted by Gasteiger charge is -2.05. The molecule has 0 saturated heterocycles. The van der Waals surface area contributed by atoms with Crippen molar-refractivity contribution in [3.63, 3.8) is 0 Å². The van der Waals surface area contributed by atoms with Crippen LogP contribution in [0.1, 0.15) is 27.3 Å². The van der Waals surface area contributed by atoms with Gasteiger partial charge in [-0.15, -0.1) is 0 Å². The normalized spacial score (nSPS) is 9.67. The molecule has 0 aliphatic carbocycles. The highest BCUT2D eigenvalue weighted by Gasteiger charge is 2.09. The number of nitrogens with one attached hydrogen (secondary N) is 1. The highest BCUT2D eigenvalue weighted by Crippen LogP contribution is 2.07. The largest absolute Gasteiger partial charge is 0.320 e. The molecule has 0 aliphatic heterocycles. The van der Waals surface area contributed by atoms with E-state index in [2.05, 4.69) is 32.1 Å². The summed E-state index contributed by atoms with van der Waals surface area (Å²) in [5.41, 5.74) is 7.92. The van der Waals surface area contributed by atoms with Crippen molar-refractivity contribution in [1.29, 1.82) is 0 Å². The molecule has 2 aromatic rings. The summed E-state index contributed by atoms with van der Waals surface area (Å²) in [6.45, 7) is 3.94. The van der Waals surface area contributed by atoms with E-state index in [1.165, 1.54) is 6.20 Å². The van der Waals surface area contributed by atoms with E-state index in [9.17, 15) is 4.79 Å². The molecule has 2 heterocycles. The second-order valence-electron chi connectivity index (χ2n) is 4.40. The number of rotatable bonds is 2. The van der Waals surface area contributed by atoms with E-state index < -0.39 is 0 Å². The summed E-state index contributed by atoms with van der Waals surface area (Å²) < 4.78 is 0. The molecule has 1 amide bonds. The zero-order valence-corrected chi connectivity index (χ0v) is 11.8. The standard InChI is InChI=1S/C15H15N5O/c1-10-6-11(2)19-15(18-10)20-14(21)13-7-12(4-3-5-16)8-17-9-13/h6-9H,5,16H2,1-2H3,(H,18,19,20,21). The summed E-state index contributed by atoms with van der Waals surface area (Å²) in [6, 6.07) is 3.48. The van der Waals surface area contributed by atoms with E-state index in [0.717, 1.165) is 11.4 Å². The van der Waals surface area contributed by atoms with Crippen molar-refractivity contribution in [3.05, 3.63) is 47.0 Å². The molecule has 0 unspecified atom stereocenters. The first-order chi connectivity index (χ1) is 10.1. The third kappa shape index (κ3) is 4.09. The van der Waals surface area contributed by atoms with Crippen LogP contribution in [-0.2, 0) is 0 Å². The van der Waals surface area contributed by atoms with E-state index in [4.69, 9.17) is 5.73 Å². The minimum Gasteiger partial charge on any atom is -0.320 e. The molecule has 0 aliphatic rings. The van der Waals surface area contributed by atoms with Crippen molar-refractivity contribution in [2.24, 2.45) is 5.73 Å². The smallest absolute Gasteiger partial charge is 0.259 e. The molecule has 0 fully saturated rings. The lowest BCUT2D eigenvalue weighted by Crippen LogP contribution is -2.15. The lowest BCUT2D eigenvalue weighted by atomic mass is 10.2. The SMILES string of the molecule is Cc1cc(C)nc(NC(=O)c2cncc(C#CCN)c2)n1. The first-order valence-electron chi connectivity index (χ1n) is 6.36. The van der Waals surface area contributed by atoms with Gasteiger partial charge in [-0.1, -0.05) is 11.8 Å². The van der Waals surface area contributed by atoms with Gasteiger partial charge in [0.1, 0.15) is 0 Å². The monoisotopic (exact) mass is 281 g/mol. The maximum Gasteiger partial charge on any atom is 0.259 e. The van der Waals surface area contributed by atoms with Gasteiger partial charge in [-0.3, -0.25) is 15.1 Å². The van der Waals surface area contributed by atoms with Gasteiger partial charge in [0.25, 0.3) is 5.91 Å². The first-order valence-corrected chi connectivity index (χ1v) is 6.36. The van der Waals surface area contributed by atoms with Gasteiger partial charge in [0.05, 0.1) is 12.1 Å². The molecular formula is C15H15N5O. The maximum absolute atomic E-state index is 12.2. The van der Waals surface area contributed by atoms with Crippen molar-refractivity contribution in [1.82, 2.24) is 15.0 Å². The average Bonchev–Trinajstić information content (AvgIpc) is 2.44. The Balaban J connectivity index is 2.20. The Hall–Kier alpha value is -2.78. The Labute approximate surface area is 122 Å². The zero-order valence-electron chi connectivity index (χ0n) is 11.8. The number of aryl methyl sites for hydroxylation is 2. The van der Waals surface area contributed by atoms with Crippen LogP contribution in [-0.4, -0.2) is 27.4 Å². The van der Waals surface area contributed by atoms with Crippen LogP contribution in [0.4, 0.5) is 5.95 Å². The van der Waals surface area contributed by atoms with E-state index in [1.807, 2.05) is 19.9 Å². The Bertz CT molecular complexity index is 710. The number of aromatic nitrogens is 3. The van der Waals surface area contributed by atoms with Gasteiger partial charge in [-0.05, 0) is 26.0 Å². The van der Waals surface area contributed by atoms with Crippen molar-refractivity contribution in [3.8, 4) is 11.8 Å². The minimum atomic E-state index is -0.330. The van der Waals surface area contributed by atoms with Crippen LogP contribution in [0.3, 0.4) is 0 Å². The highest BCUT2D eigenvalue weighted by atomic mass is 16.1. The molecule has 0 spiro atoms. The molecule has 3 N–H and O–H groups in total. The topological polar surface area (TPSA) is 93.8 Å². The number of nitrogens with zero attached hydrogens (tertiary/aromatic N) is 3. The van der Waals surface area contributed by atoms with E-state index >= 15 is 0 Å². The number of pyridine rings is 1. The quantitative estimate of drug-likeness (QED) is 0.802. The molecule has 6 heteroatoms. The predicted molar refractivity (Wildman–Crippen MR) is 79.6 cm³/mol. The number of anilines is 1. The van der Waals surface area contributed by atoms with E-state index in [-0.39, 0.29) is 18.4 Å². The fourth-order valence-electron chi connectivity index (χ4n) is 1.74. The van der Waals surface area contributed by atoms with Crippen LogP contribution in [0.2, 0.25) is 0 Å². The van der Waals surface area contributed by atoms with Gasteiger partial charge >= 0.3 is 0 Å². The fraction of sp³-hybridized carbons (Fsp3) is 0.200. The van der Waals surface area contributed by atoms with Gasteiger partial charge in [0, 0.05) is 29.3 Å². The number of carbonyl (C=O) groups is 1. The molecule has 2 aromatic heterocycles. The summed E-state index contributed by atoms with van der Waals surface area (Å²) in [5.74, 6) is 5.49. The number of amides is 1. The van der Waals surface area contributed by atoms with Crippen LogP contribution in [0.25, 0.3) is 0 Å². The number of nitrogens with two attached hydrogens (primary N) is 1. The second-order valence-corrected chi connectivity index (χ2v) is 4.40. The third-order valence-corrected chi connectivity index (χ3v) is 2.54. The van der Waals surface area contributed by atoms with Gasteiger partial charge in [0.2, 0.25) is 5.95 Å².